The molecule has 130 valence electrons. The van der Waals surface area contributed by atoms with Crippen LogP contribution in [0.15, 0.2) is 4.99 Å². The van der Waals surface area contributed by atoms with E-state index in [-0.39, 0.29) is 5.75 Å². The molecule has 1 atom stereocenters. The number of sulfone groups is 1. The second-order valence-electron chi connectivity index (χ2n) is 6.67. The van der Waals surface area contributed by atoms with Crippen molar-refractivity contribution in [3.8, 4) is 0 Å². The zero-order valence-corrected chi connectivity index (χ0v) is 15.4. The molecule has 1 saturated heterocycles. The lowest BCUT2D eigenvalue weighted by Gasteiger charge is -2.23. The van der Waals surface area contributed by atoms with Crippen LogP contribution in [0.4, 0.5) is 0 Å². The number of nitrogens with zero attached hydrogens (tertiary/aromatic N) is 2. The Bertz CT molecular complexity index is 469. The van der Waals surface area contributed by atoms with E-state index in [0.29, 0.717) is 12.5 Å². The Morgan fingerprint density at radius 2 is 2.09 bits per heavy atom. The summed E-state index contributed by atoms with van der Waals surface area (Å²) >= 11 is 0. The number of aliphatic imine (C=N–C) groups is 1. The van der Waals surface area contributed by atoms with Gasteiger partial charge in [0.2, 0.25) is 0 Å². The van der Waals surface area contributed by atoms with Gasteiger partial charge in [-0.2, -0.15) is 0 Å². The van der Waals surface area contributed by atoms with Crippen LogP contribution in [0.3, 0.4) is 0 Å². The molecule has 0 saturated carbocycles. The van der Waals surface area contributed by atoms with Crippen molar-refractivity contribution in [2.45, 2.75) is 38.9 Å². The Kier molecular flexibility index (Phi) is 7.12. The van der Waals surface area contributed by atoms with E-state index in [4.69, 9.17) is 4.74 Å². The fourth-order valence-electron chi connectivity index (χ4n) is 2.38. The largest absolute Gasteiger partial charge is 0.381 e. The summed E-state index contributed by atoms with van der Waals surface area (Å²) in [7, 11) is -1.37. The highest BCUT2D eigenvalue weighted by Gasteiger charge is 2.29. The van der Waals surface area contributed by atoms with E-state index in [0.717, 1.165) is 38.7 Å². The molecule has 0 aromatic heterocycles. The summed E-state index contributed by atoms with van der Waals surface area (Å²) in [5.41, 5.74) is 0. The van der Waals surface area contributed by atoms with Crippen molar-refractivity contribution in [1.82, 2.24) is 10.2 Å². The summed E-state index contributed by atoms with van der Waals surface area (Å²) in [6.07, 6.45) is 1.08. The maximum atomic E-state index is 12.1. The van der Waals surface area contributed by atoms with Crippen molar-refractivity contribution < 1.29 is 13.2 Å². The zero-order valence-electron chi connectivity index (χ0n) is 14.6. The normalized spacial score (nSPS) is 20.5. The SMILES string of the molecule is CCOCC1CCN(C(=NC)NCCS(=O)(=O)C(C)(C)C)C1. The Hall–Kier alpha value is -0.820. The molecule has 0 aliphatic carbocycles. The van der Waals surface area contributed by atoms with Crippen LogP contribution >= 0.6 is 0 Å². The van der Waals surface area contributed by atoms with Crippen LogP contribution in [0, 0.1) is 5.92 Å². The van der Waals surface area contributed by atoms with Gasteiger partial charge in [-0.15, -0.1) is 0 Å². The lowest BCUT2D eigenvalue weighted by Crippen LogP contribution is -2.43. The molecule has 1 rings (SSSR count). The molecular weight excluding hydrogens is 302 g/mol. The third kappa shape index (κ3) is 5.43. The summed E-state index contributed by atoms with van der Waals surface area (Å²) in [6.45, 7) is 11.0. The van der Waals surface area contributed by atoms with Gasteiger partial charge in [-0.3, -0.25) is 4.99 Å². The van der Waals surface area contributed by atoms with Crippen molar-refractivity contribution in [1.29, 1.82) is 0 Å². The van der Waals surface area contributed by atoms with E-state index < -0.39 is 14.6 Å². The van der Waals surface area contributed by atoms with Gasteiger partial charge in [-0.25, -0.2) is 8.42 Å². The van der Waals surface area contributed by atoms with Gasteiger partial charge in [-0.1, -0.05) is 0 Å². The third-order valence-electron chi connectivity index (χ3n) is 3.94. The van der Waals surface area contributed by atoms with Gasteiger partial charge in [0, 0.05) is 39.2 Å². The van der Waals surface area contributed by atoms with Crippen LogP contribution in [0.1, 0.15) is 34.1 Å². The molecule has 0 bridgehead atoms. The second-order valence-corrected chi connectivity index (χ2v) is 9.53. The summed E-state index contributed by atoms with van der Waals surface area (Å²) in [6, 6.07) is 0. The number of hydrogen-bond acceptors (Lipinski definition) is 4. The van der Waals surface area contributed by atoms with E-state index in [1.807, 2.05) is 6.92 Å². The molecule has 0 spiro atoms. The Morgan fingerprint density at radius 1 is 1.41 bits per heavy atom. The van der Waals surface area contributed by atoms with Crippen molar-refractivity contribution in [3.05, 3.63) is 0 Å². The predicted octanol–water partition coefficient (Wildman–Crippen LogP) is 1.13. The van der Waals surface area contributed by atoms with Gasteiger partial charge < -0.3 is 15.0 Å². The van der Waals surface area contributed by atoms with Gasteiger partial charge >= 0.3 is 0 Å². The van der Waals surface area contributed by atoms with E-state index in [9.17, 15) is 8.42 Å². The number of hydrogen-bond donors (Lipinski definition) is 1. The standard InChI is InChI=1S/C15H31N3O3S/c1-6-21-12-13-7-9-18(11-13)14(16-5)17-8-10-22(19,20)15(2,3)4/h13H,6-12H2,1-5H3,(H,16,17). The fraction of sp³-hybridized carbons (Fsp3) is 0.933. The van der Waals surface area contributed by atoms with Crippen LogP contribution in [-0.4, -0.2) is 69.7 Å². The maximum absolute atomic E-state index is 12.1. The predicted molar refractivity (Wildman–Crippen MR) is 91.1 cm³/mol. The van der Waals surface area contributed by atoms with Gasteiger partial charge in [0.1, 0.15) is 0 Å². The Labute approximate surface area is 135 Å². The molecule has 1 N–H and O–H groups in total. The lowest BCUT2D eigenvalue weighted by molar-refractivity contribution is 0.114. The highest BCUT2D eigenvalue weighted by atomic mass is 32.2. The number of guanidine groups is 1. The quantitative estimate of drug-likeness (QED) is 0.583. The van der Waals surface area contributed by atoms with Crippen LogP contribution in [0.25, 0.3) is 0 Å². The molecule has 0 aromatic rings. The van der Waals surface area contributed by atoms with Crippen molar-refractivity contribution in [3.63, 3.8) is 0 Å². The monoisotopic (exact) mass is 333 g/mol. The van der Waals surface area contributed by atoms with Crippen LogP contribution in [0.2, 0.25) is 0 Å². The van der Waals surface area contributed by atoms with Crippen LogP contribution < -0.4 is 5.32 Å². The molecule has 0 aromatic carbocycles. The van der Waals surface area contributed by atoms with Gasteiger partial charge in [0.25, 0.3) is 0 Å². The minimum Gasteiger partial charge on any atom is -0.381 e. The summed E-state index contributed by atoms with van der Waals surface area (Å²) in [5.74, 6) is 1.42. The summed E-state index contributed by atoms with van der Waals surface area (Å²) in [5, 5.41) is 3.17. The molecule has 0 radical (unpaired) electrons. The zero-order chi connectivity index (χ0) is 16.8. The molecule has 1 heterocycles. The minimum atomic E-state index is -3.10. The first-order valence-electron chi connectivity index (χ1n) is 7.97. The number of nitrogens with one attached hydrogen (secondary N) is 1. The molecular formula is C15H31N3O3S. The van der Waals surface area contributed by atoms with Crippen molar-refractivity contribution in [2.24, 2.45) is 10.9 Å². The van der Waals surface area contributed by atoms with Gasteiger partial charge in [0.05, 0.1) is 17.1 Å². The second kappa shape index (κ2) is 8.15. The Balaban J connectivity index is 2.45. The first kappa shape index (κ1) is 19.2. The number of likely N-dealkylation sites (tertiary alicyclic amines) is 1. The maximum Gasteiger partial charge on any atom is 0.193 e. The van der Waals surface area contributed by atoms with Crippen LogP contribution in [-0.2, 0) is 14.6 Å². The van der Waals surface area contributed by atoms with Crippen molar-refractivity contribution >= 4 is 15.8 Å². The van der Waals surface area contributed by atoms with Crippen molar-refractivity contribution in [2.75, 3.05) is 45.6 Å². The minimum absolute atomic E-state index is 0.117. The molecule has 1 aliphatic heterocycles. The van der Waals surface area contributed by atoms with E-state index in [1.165, 1.54) is 0 Å². The average molecular weight is 333 g/mol. The topological polar surface area (TPSA) is 71.0 Å². The van der Waals surface area contributed by atoms with Gasteiger partial charge in [0.15, 0.2) is 15.8 Å². The molecule has 7 heteroatoms. The first-order chi connectivity index (χ1) is 10.2. The summed E-state index contributed by atoms with van der Waals surface area (Å²) in [4.78, 5) is 6.44. The number of rotatable bonds is 6. The van der Waals surface area contributed by atoms with Gasteiger partial charge in [-0.05, 0) is 34.1 Å². The highest BCUT2D eigenvalue weighted by molar-refractivity contribution is 7.92. The molecule has 22 heavy (non-hydrogen) atoms. The van der Waals surface area contributed by atoms with E-state index in [2.05, 4.69) is 15.2 Å². The van der Waals surface area contributed by atoms with Crippen LogP contribution in [0.5, 0.6) is 0 Å². The highest BCUT2D eigenvalue weighted by Crippen LogP contribution is 2.17. The molecule has 1 aliphatic rings. The fourth-order valence-corrected chi connectivity index (χ4v) is 3.36. The third-order valence-corrected chi connectivity index (χ3v) is 6.55. The first-order valence-corrected chi connectivity index (χ1v) is 9.62. The van der Waals surface area contributed by atoms with E-state index in [1.54, 1.807) is 27.8 Å². The molecule has 6 nitrogen and oxygen atoms in total. The number of ether oxygens (including phenoxy) is 1. The molecule has 1 unspecified atom stereocenters. The lowest BCUT2D eigenvalue weighted by atomic mass is 10.1. The molecule has 1 fully saturated rings. The summed E-state index contributed by atoms with van der Waals surface area (Å²) < 4.78 is 29.0. The Morgan fingerprint density at radius 3 is 2.64 bits per heavy atom. The smallest absolute Gasteiger partial charge is 0.193 e. The molecule has 0 amide bonds. The average Bonchev–Trinajstić information content (AvgIpc) is 2.88. The van der Waals surface area contributed by atoms with E-state index >= 15 is 0 Å².